The summed E-state index contributed by atoms with van der Waals surface area (Å²) in [5, 5.41) is 3.50. The van der Waals surface area contributed by atoms with Gasteiger partial charge in [0.2, 0.25) is 0 Å². The molecule has 0 aromatic carbocycles. The normalized spacial score (nSPS) is 19.6. The highest BCUT2D eigenvalue weighted by Crippen LogP contribution is 2.28. The largest absolute Gasteiger partial charge is 0.395 e. The number of hydrogen-bond donors (Lipinski definition) is 0. The average molecular weight is 112 g/mol. The molecule has 0 atom stereocenters. The van der Waals surface area contributed by atoms with Crippen molar-refractivity contribution in [2.24, 2.45) is 11.1 Å². The average Bonchev–Trinajstić information content (AvgIpc) is 2.51. The van der Waals surface area contributed by atoms with Crippen LogP contribution in [0.1, 0.15) is 19.8 Å². The van der Waals surface area contributed by atoms with Gasteiger partial charge in [0.1, 0.15) is 12.8 Å². The zero-order chi connectivity index (χ0) is 5.82. The van der Waals surface area contributed by atoms with Gasteiger partial charge in [-0.1, -0.05) is 5.16 Å². The lowest BCUT2D eigenvalue weighted by atomic mass is 10.5. The molecule has 0 unspecified atom stereocenters. The molecule has 1 radical (unpaired) electrons. The van der Waals surface area contributed by atoms with E-state index in [1.165, 1.54) is 12.8 Å². The summed E-state index contributed by atoms with van der Waals surface area (Å²) < 4.78 is 0. The van der Waals surface area contributed by atoms with E-state index >= 15 is 0 Å². The molecule has 0 aromatic heterocycles. The van der Waals surface area contributed by atoms with Crippen molar-refractivity contribution in [3.8, 4) is 0 Å². The van der Waals surface area contributed by atoms with Gasteiger partial charge in [-0.05, 0) is 25.7 Å². The summed E-state index contributed by atoms with van der Waals surface area (Å²) in [7, 11) is 0. The van der Waals surface area contributed by atoms with E-state index in [0.29, 0.717) is 0 Å². The maximum Gasteiger partial charge on any atom is 0.120 e. The van der Waals surface area contributed by atoms with Gasteiger partial charge >= 0.3 is 0 Å². The first-order chi connectivity index (χ1) is 3.93. The summed E-state index contributed by atoms with van der Waals surface area (Å²) in [5.74, 6) is 0.798. The highest BCUT2D eigenvalue weighted by molar-refractivity contribution is 5.52. The Kier molecular flexibility index (Phi) is 1.89. The maximum absolute atomic E-state index is 4.82. The first kappa shape index (κ1) is 5.60. The second kappa shape index (κ2) is 2.70. The Labute approximate surface area is 49.5 Å². The molecular weight excluding hydrogens is 102 g/mol. The first-order valence-corrected chi connectivity index (χ1v) is 2.92. The number of hydrogen-bond acceptors (Lipinski definition) is 2. The lowest BCUT2D eigenvalue weighted by Crippen LogP contribution is -1.87. The van der Waals surface area contributed by atoms with Crippen LogP contribution in [0, 0.1) is 5.92 Å². The second-order valence-corrected chi connectivity index (χ2v) is 2.05. The highest BCUT2D eigenvalue weighted by atomic mass is 16.6. The predicted molar refractivity (Wildman–Crippen MR) is 31.8 cm³/mol. The molecule has 0 aromatic rings. The van der Waals surface area contributed by atoms with Crippen LogP contribution >= 0.6 is 0 Å². The highest BCUT2D eigenvalue weighted by Gasteiger charge is 2.21. The SMILES string of the molecule is C/[C]=N/OCC1CC1. The van der Waals surface area contributed by atoms with Gasteiger partial charge < -0.3 is 4.84 Å². The summed E-state index contributed by atoms with van der Waals surface area (Å²) in [5.41, 5.74) is 0. The van der Waals surface area contributed by atoms with Gasteiger partial charge in [-0.25, -0.2) is 0 Å². The van der Waals surface area contributed by atoms with Gasteiger partial charge in [-0.2, -0.15) is 0 Å². The topological polar surface area (TPSA) is 21.6 Å². The summed E-state index contributed by atoms with van der Waals surface area (Å²) in [6.45, 7) is 2.52. The molecule has 8 heavy (non-hydrogen) atoms. The van der Waals surface area contributed by atoms with Gasteiger partial charge in [0, 0.05) is 0 Å². The summed E-state index contributed by atoms with van der Waals surface area (Å²) in [4.78, 5) is 4.82. The van der Waals surface area contributed by atoms with Crippen LogP contribution in [0.4, 0.5) is 0 Å². The fraction of sp³-hybridized carbons (Fsp3) is 0.833. The van der Waals surface area contributed by atoms with E-state index in [2.05, 4.69) is 11.4 Å². The van der Waals surface area contributed by atoms with Crippen molar-refractivity contribution in [2.75, 3.05) is 6.61 Å². The van der Waals surface area contributed by atoms with Gasteiger partial charge in [0.15, 0.2) is 0 Å². The molecule has 0 amide bonds. The quantitative estimate of drug-likeness (QED) is 0.398. The van der Waals surface area contributed by atoms with Crippen LogP contribution in [-0.2, 0) is 4.84 Å². The lowest BCUT2D eigenvalue weighted by molar-refractivity contribution is 0.135. The Morgan fingerprint density at radius 2 is 2.50 bits per heavy atom. The molecule has 1 aliphatic carbocycles. The molecular formula is C6H10NO. The van der Waals surface area contributed by atoms with Gasteiger partial charge in [-0.15, -0.1) is 0 Å². The van der Waals surface area contributed by atoms with Crippen molar-refractivity contribution in [2.45, 2.75) is 19.8 Å². The minimum Gasteiger partial charge on any atom is -0.395 e. The molecule has 1 saturated carbocycles. The number of nitrogens with zero attached hydrogens (tertiary/aromatic N) is 1. The number of rotatable bonds is 3. The standard InChI is InChI=1S/C6H10NO/c1-2-7-8-5-6-3-4-6/h6H,3-5H2,1H3. The molecule has 1 aliphatic rings. The van der Waals surface area contributed by atoms with Crippen molar-refractivity contribution in [3.63, 3.8) is 0 Å². The van der Waals surface area contributed by atoms with Crippen LogP contribution in [0.15, 0.2) is 5.16 Å². The van der Waals surface area contributed by atoms with Gasteiger partial charge in [-0.3, -0.25) is 0 Å². The van der Waals surface area contributed by atoms with Crippen LogP contribution in [-0.4, -0.2) is 12.8 Å². The maximum atomic E-state index is 4.82. The fourth-order valence-corrected chi connectivity index (χ4v) is 0.492. The van der Waals surface area contributed by atoms with E-state index in [4.69, 9.17) is 4.84 Å². The molecule has 0 N–H and O–H groups in total. The first-order valence-electron chi connectivity index (χ1n) is 2.92. The zero-order valence-electron chi connectivity index (χ0n) is 5.05. The Bertz CT molecular complexity index is 86.5. The molecule has 0 aliphatic heterocycles. The minimum atomic E-state index is 0.792. The van der Waals surface area contributed by atoms with E-state index in [1.807, 2.05) is 0 Å². The Hall–Kier alpha value is -0.530. The third-order valence-electron chi connectivity index (χ3n) is 1.16. The van der Waals surface area contributed by atoms with E-state index in [1.54, 1.807) is 6.92 Å². The van der Waals surface area contributed by atoms with Crippen LogP contribution in [0.25, 0.3) is 0 Å². The minimum absolute atomic E-state index is 0.792. The van der Waals surface area contributed by atoms with E-state index in [9.17, 15) is 0 Å². The monoisotopic (exact) mass is 112 g/mol. The van der Waals surface area contributed by atoms with E-state index in [0.717, 1.165) is 12.5 Å². The second-order valence-electron chi connectivity index (χ2n) is 2.05. The fourth-order valence-electron chi connectivity index (χ4n) is 0.492. The molecule has 1 rings (SSSR count). The summed E-state index contributed by atoms with van der Waals surface area (Å²) in [6, 6.07) is 0. The van der Waals surface area contributed by atoms with Gasteiger partial charge in [0.05, 0.1) is 0 Å². The summed E-state index contributed by atoms with van der Waals surface area (Å²) in [6.07, 6.45) is 5.19. The van der Waals surface area contributed by atoms with Crippen LogP contribution in [0.5, 0.6) is 0 Å². The molecule has 0 saturated heterocycles. The Morgan fingerprint density at radius 3 is 3.00 bits per heavy atom. The van der Waals surface area contributed by atoms with Crippen molar-refractivity contribution in [3.05, 3.63) is 0 Å². The van der Waals surface area contributed by atoms with Crippen molar-refractivity contribution < 1.29 is 4.84 Å². The van der Waals surface area contributed by atoms with Crippen LogP contribution in [0.3, 0.4) is 0 Å². The van der Waals surface area contributed by atoms with Crippen molar-refractivity contribution in [1.82, 2.24) is 0 Å². The molecule has 0 spiro atoms. The third kappa shape index (κ3) is 1.96. The predicted octanol–water partition coefficient (Wildman–Crippen LogP) is 1.30. The van der Waals surface area contributed by atoms with Gasteiger partial charge in [0.25, 0.3) is 0 Å². The van der Waals surface area contributed by atoms with Crippen LogP contribution < -0.4 is 0 Å². The Balaban J connectivity index is 1.88. The van der Waals surface area contributed by atoms with Crippen molar-refractivity contribution in [1.29, 1.82) is 0 Å². The molecule has 2 heteroatoms. The lowest BCUT2D eigenvalue weighted by Gasteiger charge is -1.91. The Morgan fingerprint density at radius 1 is 1.75 bits per heavy atom. The van der Waals surface area contributed by atoms with Crippen molar-refractivity contribution >= 4 is 6.21 Å². The summed E-state index contributed by atoms with van der Waals surface area (Å²) >= 11 is 0. The molecule has 2 nitrogen and oxygen atoms in total. The van der Waals surface area contributed by atoms with Crippen LogP contribution in [0.2, 0.25) is 0 Å². The molecule has 1 fully saturated rings. The molecule has 0 heterocycles. The zero-order valence-corrected chi connectivity index (χ0v) is 5.05. The molecule has 0 bridgehead atoms. The smallest absolute Gasteiger partial charge is 0.120 e. The third-order valence-corrected chi connectivity index (χ3v) is 1.16. The molecule has 45 valence electrons. The van der Waals surface area contributed by atoms with E-state index < -0.39 is 0 Å². The van der Waals surface area contributed by atoms with E-state index in [-0.39, 0.29) is 0 Å².